The molecule has 0 saturated heterocycles. The summed E-state index contributed by atoms with van der Waals surface area (Å²) in [5, 5.41) is 11.8. The Bertz CT molecular complexity index is 1050. The van der Waals surface area contributed by atoms with E-state index >= 15 is 0 Å². The molecule has 29 heavy (non-hydrogen) atoms. The second-order valence-corrected chi connectivity index (χ2v) is 6.94. The lowest BCUT2D eigenvalue weighted by Crippen LogP contribution is -2.39. The van der Waals surface area contributed by atoms with Gasteiger partial charge in [0.15, 0.2) is 0 Å². The van der Waals surface area contributed by atoms with Crippen LogP contribution in [-0.2, 0) is 13.0 Å². The van der Waals surface area contributed by atoms with Crippen molar-refractivity contribution in [1.29, 1.82) is 0 Å². The van der Waals surface area contributed by atoms with Gasteiger partial charge in [-0.15, -0.1) is 0 Å². The third-order valence-electron chi connectivity index (χ3n) is 5.12. The number of amides is 3. The lowest BCUT2D eigenvalue weighted by molar-refractivity contribution is 0.0706. The van der Waals surface area contributed by atoms with E-state index in [-0.39, 0.29) is 6.03 Å². The molecule has 0 unspecified atom stereocenters. The van der Waals surface area contributed by atoms with Crippen LogP contribution in [0.4, 0.5) is 10.5 Å². The van der Waals surface area contributed by atoms with Gasteiger partial charge in [0.1, 0.15) is 0 Å². The van der Waals surface area contributed by atoms with Crippen LogP contribution in [0.3, 0.4) is 0 Å². The van der Waals surface area contributed by atoms with Gasteiger partial charge in [0.05, 0.1) is 5.69 Å². The van der Waals surface area contributed by atoms with Gasteiger partial charge in [-0.1, -0.05) is 54.6 Å². The molecule has 0 fully saturated rings. The Hall–Kier alpha value is -3.64. The van der Waals surface area contributed by atoms with Crippen LogP contribution in [0.15, 0.2) is 72.8 Å². The normalized spacial score (nSPS) is 12.8. The molecule has 0 bridgehead atoms. The Morgan fingerprint density at radius 2 is 1.66 bits per heavy atom. The molecule has 0 radical (unpaired) electrons. The molecule has 6 heteroatoms. The number of hydrogen-bond donors (Lipinski definition) is 3. The average molecular weight is 387 g/mol. The van der Waals surface area contributed by atoms with Crippen LogP contribution in [0.1, 0.15) is 21.5 Å². The summed E-state index contributed by atoms with van der Waals surface area (Å²) in [6, 6.07) is 22.8. The van der Waals surface area contributed by atoms with E-state index in [2.05, 4.69) is 5.32 Å². The maximum absolute atomic E-state index is 12.9. The molecule has 4 rings (SSSR count). The van der Waals surface area contributed by atoms with Gasteiger partial charge in [-0.2, -0.15) is 0 Å². The summed E-state index contributed by atoms with van der Waals surface area (Å²) in [7, 11) is 0. The SMILES string of the molecule is O=C(NO)c1ccc2c(c1)CCN(C(=O)Nc1ccccc1-c1ccccc1)C2. The zero-order valence-corrected chi connectivity index (χ0v) is 15.8. The van der Waals surface area contributed by atoms with Crippen LogP contribution in [0.2, 0.25) is 0 Å². The first-order chi connectivity index (χ1) is 14.2. The minimum atomic E-state index is -0.537. The Morgan fingerprint density at radius 3 is 2.45 bits per heavy atom. The third-order valence-corrected chi connectivity index (χ3v) is 5.12. The second-order valence-electron chi connectivity index (χ2n) is 6.94. The standard InChI is InChI=1S/C23H21N3O3/c27-22(25-29)18-10-11-19-15-26(13-12-17(19)14-18)23(28)24-21-9-5-4-8-20(21)16-6-2-1-3-7-16/h1-11,14,29H,12-13,15H2,(H,24,28)(H,25,27). The van der Waals surface area contributed by atoms with Crippen LogP contribution in [0.5, 0.6) is 0 Å². The topological polar surface area (TPSA) is 81.7 Å². The zero-order chi connectivity index (χ0) is 20.2. The fourth-order valence-electron chi connectivity index (χ4n) is 3.59. The molecule has 3 aromatic carbocycles. The quantitative estimate of drug-likeness (QED) is 0.468. The number of urea groups is 1. The molecule has 3 N–H and O–H groups in total. The average Bonchev–Trinajstić information content (AvgIpc) is 2.78. The largest absolute Gasteiger partial charge is 0.322 e. The van der Waals surface area contributed by atoms with E-state index in [1.54, 1.807) is 22.5 Å². The molecule has 1 aliphatic heterocycles. The molecule has 0 atom stereocenters. The minimum Gasteiger partial charge on any atom is -0.320 e. The summed E-state index contributed by atoms with van der Waals surface area (Å²) >= 11 is 0. The second kappa shape index (κ2) is 8.16. The maximum Gasteiger partial charge on any atom is 0.322 e. The number of hydrogen-bond acceptors (Lipinski definition) is 3. The van der Waals surface area contributed by atoms with E-state index in [1.165, 1.54) is 0 Å². The highest BCUT2D eigenvalue weighted by atomic mass is 16.5. The summed E-state index contributed by atoms with van der Waals surface area (Å²) in [6.45, 7) is 1.02. The number of nitrogens with zero attached hydrogens (tertiary/aromatic N) is 1. The van der Waals surface area contributed by atoms with Crippen molar-refractivity contribution in [2.24, 2.45) is 0 Å². The lowest BCUT2D eigenvalue weighted by Gasteiger charge is -2.29. The number of hydroxylamine groups is 1. The van der Waals surface area contributed by atoms with Crippen LogP contribution < -0.4 is 10.8 Å². The van der Waals surface area contributed by atoms with Gasteiger partial charge >= 0.3 is 6.03 Å². The first-order valence-electron chi connectivity index (χ1n) is 9.42. The Kier molecular flexibility index (Phi) is 5.27. The first-order valence-corrected chi connectivity index (χ1v) is 9.42. The molecule has 6 nitrogen and oxygen atoms in total. The number of carbonyl (C=O) groups is 2. The number of carbonyl (C=O) groups excluding carboxylic acids is 2. The maximum atomic E-state index is 12.9. The van der Waals surface area contributed by atoms with Crippen LogP contribution in [0, 0.1) is 0 Å². The van der Waals surface area contributed by atoms with Gasteiger partial charge < -0.3 is 10.2 Å². The van der Waals surface area contributed by atoms with E-state index in [4.69, 9.17) is 5.21 Å². The highest BCUT2D eigenvalue weighted by Crippen LogP contribution is 2.28. The van der Waals surface area contributed by atoms with Gasteiger partial charge in [0.25, 0.3) is 5.91 Å². The molecule has 0 saturated carbocycles. The number of benzene rings is 3. The van der Waals surface area contributed by atoms with Gasteiger partial charge in [-0.05, 0) is 41.3 Å². The van der Waals surface area contributed by atoms with Gasteiger partial charge in [0.2, 0.25) is 0 Å². The molecule has 3 amide bonds. The van der Waals surface area contributed by atoms with Crippen LogP contribution >= 0.6 is 0 Å². The lowest BCUT2D eigenvalue weighted by atomic mass is 9.97. The molecule has 1 aliphatic rings. The molecule has 3 aromatic rings. The van der Waals surface area contributed by atoms with E-state index in [9.17, 15) is 9.59 Å². The summed E-state index contributed by atoms with van der Waals surface area (Å²) in [6.07, 6.45) is 0.648. The number of rotatable bonds is 3. The number of anilines is 1. The Balaban J connectivity index is 1.51. The van der Waals surface area contributed by atoms with Crippen molar-refractivity contribution in [3.8, 4) is 11.1 Å². The fourth-order valence-corrected chi connectivity index (χ4v) is 3.59. The zero-order valence-electron chi connectivity index (χ0n) is 15.8. The smallest absolute Gasteiger partial charge is 0.320 e. The monoisotopic (exact) mass is 387 g/mol. The fraction of sp³-hybridized carbons (Fsp3) is 0.130. The van der Waals surface area contributed by atoms with E-state index in [0.717, 1.165) is 27.9 Å². The van der Waals surface area contributed by atoms with Crippen molar-refractivity contribution in [2.45, 2.75) is 13.0 Å². The van der Waals surface area contributed by atoms with Crippen molar-refractivity contribution in [3.05, 3.63) is 89.5 Å². The highest BCUT2D eigenvalue weighted by Gasteiger charge is 2.22. The summed E-state index contributed by atoms with van der Waals surface area (Å²) in [4.78, 5) is 26.2. The van der Waals surface area contributed by atoms with Crippen LogP contribution in [-0.4, -0.2) is 28.6 Å². The Labute approximate surface area is 168 Å². The first kappa shape index (κ1) is 18.7. The highest BCUT2D eigenvalue weighted by molar-refractivity contribution is 5.95. The van der Waals surface area contributed by atoms with Gasteiger partial charge in [-0.25, -0.2) is 10.3 Å². The van der Waals surface area contributed by atoms with Crippen molar-refractivity contribution in [1.82, 2.24) is 10.4 Å². The van der Waals surface area contributed by atoms with E-state index in [0.29, 0.717) is 25.1 Å². The van der Waals surface area contributed by atoms with Crippen molar-refractivity contribution >= 4 is 17.6 Å². The minimum absolute atomic E-state index is 0.156. The van der Waals surface area contributed by atoms with E-state index < -0.39 is 5.91 Å². The predicted octanol–water partition coefficient (Wildman–Crippen LogP) is 4.06. The molecule has 0 spiro atoms. The summed E-state index contributed by atoms with van der Waals surface area (Å²) in [5.41, 5.74) is 6.84. The molecule has 0 aromatic heterocycles. The molecule has 0 aliphatic carbocycles. The van der Waals surface area contributed by atoms with Crippen molar-refractivity contribution in [3.63, 3.8) is 0 Å². The molecule has 1 heterocycles. The predicted molar refractivity (Wildman–Crippen MR) is 111 cm³/mol. The molecule has 146 valence electrons. The summed E-state index contributed by atoms with van der Waals surface area (Å²) < 4.78 is 0. The molecular weight excluding hydrogens is 366 g/mol. The molecular formula is C23H21N3O3. The summed E-state index contributed by atoms with van der Waals surface area (Å²) in [5.74, 6) is -0.537. The number of fused-ring (bicyclic) bond motifs is 1. The van der Waals surface area contributed by atoms with Crippen molar-refractivity contribution < 1.29 is 14.8 Å². The van der Waals surface area contributed by atoms with E-state index in [1.807, 2.05) is 60.7 Å². The Morgan fingerprint density at radius 1 is 0.897 bits per heavy atom. The number of nitrogens with one attached hydrogen (secondary N) is 2. The van der Waals surface area contributed by atoms with Gasteiger partial charge in [0, 0.05) is 24.2 Å². The third kappa shape index (κ3) is 3.97. The van der Waals surface area contributed by atoms with Gasteiger partial charge in [-0.3, -0.25) is 10.0 Å². The number of para-hydroxylation sites is 1. The van der Waals surface area contributed by atoms with Crippen molar-refractivity contribution in [2.75, 3.05) is 11.9 Å². The van der Waals surface area contributed by atoms with Crippen LogP contribution in [0.25, 0.3) is 11.1 Å².